The maximum atomic E-state index is 13.0. The first-order valence-electron chi connectivity index (χ1n) is 9.08. The van der Waals surface area contributed by atoms with Crippen molar-refractivity contribution in [3.63, 3.8) is 0 Å². The van der Waals surface area contributed by atoms with Crippen molar-refractivity contribution in [1.29, 1.82) is 5.26 Å². The van der Waals surface area contributed by atoms with Crippen molar-refractivity contribution in [2.24, 2.45) is 0 Å². The zero-order valence-electron chi connectivity index (χ0n) is 16.1. The zero-order valence-corrected chi connectivity index (χ0v) is 18.5. The number of hydrogen-bond donors (Lipinski definition) is 1. The largest absolute Gasteiger partial charge is 0.321 e. The number of carbonyl (C=O) groups excluding carboxylic acids is 1. The van der Waals surface area contributed by atoms with Crippen LogP contribution in [0.2, 0.25) is 10.0 Å². The van der Waals surface area contributed by atoms with E-state index in [0.29, 0.717) is 0 Å². The quantitative estimate of drug-likeness (QED) is 0.490. The number of amides is 1. The lowest BCUT2D eigenvalue weighted by molar-refractivity contribution is 0.0765. The van der Waals surface area contributed by atoms with Crippen molar-refractivity contribution in [3.05, 3.63) is 94.0 Å². The number of benzene rings is 3. The van der Waals surface area contributed by atoms with Crippen LogP contribution in [0.5, 0.6) is 0 Å². The highest BCUT2D eigenvalue weighted by atomic mass is 35.5. The van der Waals surface area contributed by atoms with Gasteiger partial charge in [-0.15, -0.1) is 0 Å². The molecule has 6 nitrogen and oxygen atoms in total. The van der Waals surface area contributed by atoms with Gasteiger partial charge in [-0.25, -0.2) is 8.42 Å². The van der Waals surface area contributed by atoms with E-state index in [1.165, 1.54) is 35.2 Å². The minimum absolute atomic E-state index is 0.0205. The van der Waals surface area contributed by atoms with Crippen molar-refractivity contribution < 1.29 is 13.2 Å². The third-order valence-electron chi connectivity index (χ3n) is 4.31. The molecule has 0 aliphatic rings. The monoisotopic (exact) mass is 473 g/mol. The second-order valence-electron chi connectivity index (χ2n) is 6.57. The van der Waals surface area contributed by atoms with Crippen molar-refractivity contribution in [3.8, 4) is 6.07 Å². The molecule has 0 heterocycles. The second-order valence-corrected chi connectivity index (χ2v) is 9.06. The lowest BCUT2D eigenvalue weighted by Gasteiger charge is -2.20. The van der Waals surface area contributed by atoms with Crippen molar-refractivity contribution in [1.82, 2.24) is 4.90 Å². The summed E-state index contributed by atoms with van der Waals surface area (Å²) in [5.74, 6) is -0.396. The smallest absolute Gasteiger partial charge is 0.263 e. The number of nitrogens with one attached hydrogen (secondary N) is 1. The van der Waals surface area contributed by atoms with E-state index in [1.54, 1.807) is 12.1 Å². The highest BCUT2D eigenvalue weighted by Gasteiger charge is 2.20. The van der Waals surface area contributed by atoms with Crippen LogP contribution < -0.4 is 4.72 Å². The molecule has 0 aliphatic heterocycles. The van der Waals surface area contributed by atoms with E-state index >= 15 is 0 Å². The number of rotatable bonds is 7. The van der Waals surface area contributed by atoms with Gasteiger partial charge in [0, 0.05) is 22.8 Å². The number of carbonyl (C=O) groups is 1. The SMILES string of the molecule is N#CCN(Cc1ccccc1)C(=O)c1cccc(NS(=O)(=O)c2cc(Cl)ccc2Cl)c1. The molecule has 9 heteroatoms. The van der Waals surface area contributed by atoms with E-state index in [0.717, 1.165) is 5.56 Å². The van der Waals surface area contributed by atoms with Gasteiger partial charge < -0.3 is 4.90 Å². The number of sulfonamides is 1. The normalized spacial score (nSPS) is 10.9. The molecule has 0 aliphatic carbocycles. The van der Waals surface area contributed by atoms with Crippen LogP contribution in [0.3, 0.4) is 0 Å². The molecule has 31 heavy (non-hydrogen) atoms. The first-order valence-corrected chi connectivity index (χ1v) is 11.3. The molecule has 3 aromatic carbocycles. The summed E-state index contributed by atoms with van der Waals surface area (Å²) in [6, 6.07) is 21.4. The Bertz CT molecular complexity index is 1240. The molecule has 0 bridgehead atoms. The molecular formula is C22H17Cl2N3O3S. The molecule has 3 rings (SSSR count). The molecule has 0 radical (unpaired) electrons. The maximum Gasteiger partial charge on any atom is 0.263 e. The summed E-state index contributed by atoms with van der Waals surface area (Å²) in [4.78, 5) is 14.2. The van der Waals surface area contributed by atoms with Gasteiger partial charge >= 0.3 is 0 Å². The molecule has 0 atom stereocenters. The fraction of sp³-hybridized carbons (Fsp3) is 0.0909. The molecule has 0 spiro atoms. The van der Waals surface area contributed by atoms with Gasteiger partial charge in [-0.05, 0) is 42.0 Å². The standard InChI is InChI=1S/C22H17Cl2N3O3S/c23-18-9-10-20(24)21(14-18)31(29,30)26-19-8-4-7-17(13-19)22(28)27(12-11-25)15-16-5-2-1-3-6-16/h1-10,13-14,26H,12,15H2. The molecule has 158 valence electrons. The van der Waals surface area contributed by atoms with Crippen LogP contribution >= 0.6 is 23.2 Å². The lowest BCUT2D eigenvalue weighted by atomic mass is 10.1. The summed E-state index contributed by atoms with van der Waals surface area (Å²) < 4.78 is 27.9. The molecule has 3 aromatic rings. The number of nitrogens with zero attached hydrogens (tertiary/aromatic N) is 2. The Morgan fingerprint density at radius 3 is 2.45 bits per heavy atom. The van der Waals surface area contributed by atoms with Gasteiger partial charge in [-0.3, -0.25) is 9.52 Å². The highest BCUT2D eigenvalue weighted by Crippen LogP contribution is 2.27. The average molecular weight is 474 g/mol. The van der Waals surface area contributed by atoms with E-state index in [-0.39, 0.29) is 39.3 Å². The molecular weight excluding hydrogens is 457 g/mol. The van der Waals surface area contributed by atoms with E-state index < -0.39 is 15.9 Å². The topological polar surface area (TPSA) is 90.3 Å². The zero-order chi connectivity index (χ0) is 22.4. The van der Waals surface area contributed by atoms with Crippen molar-refractivity contribution in [2.45, 2.75) is 11.4 Å². The van der Waals surface area contributed by atoms with Crippen LogP contribution in [0.1, 0.15) is 15.9 Å². The van der Waals surface area contributed by atoms with Gasteiger partial charge in [0.15, 0.2) is 0 Å². The summed E-state index contributed by atoms with van der Waals surface area (Å²) in [5, 5.41) is 9.38. The van der Waals surface area contributed by atoms with Gasteiger partial charge in [-0.2, -0.15) is 5.26 Å². The molecule has 0 unspecified atom stereocenters. The summed E-state index contributed by atoms with van der Waals surface area (Å²) in [6.07, 6.45) is 0. The Morgan fingerprint density at radius 1 is 1.00 bits per heavy atom. The van der Waals surface area contributed by atoms with E-state index in [9.17, 15) is 13.2 Å². The summed E-state index contributed by atoms with van der Waals surface area (Å²) in [7, 11) is -4.03. The minimum Gasteiger partial charge on any atom is -0.321 e. The molecule has 0 aromatic heterocycles. The van der Waals surface area contributed by atoms with Crippen LogP contribution in [-0.4, -0.2) is 25.8 Å². The predicted molar refractivity (Wildman–Crippen MR) is 121 cm³/mol. The first kappa shape index (κ1) is 22.6. The predicted octanol–water partition coefficient (Wildman–Crippen LogP) is 4.96. The Balaban J connectivity index is 1.85. The summed E-state index contributed by atoms with van der Waals surface area (Å²) in [5.41, 5.74) is 1.29. The number of hydrogen-bond acceptors (Lipinski definition) is 4. The van der Waals surface area contributed by atoms with Crippen molar-refractivity contribution >= 4 is 44.8 Å². The maximum absolute atomic E-state index is 13.0. The van der Waals surface area contributed by atoms with Crippen LogP contribution in [0.4, 0.5) is 5.69 Å². The van der Waals surface area contributed by atoms with Crippen LogP contribution in [-0.2, 0) is 16.6 Å². The third-order valence-corrected chi connectivity index (χ3v) is 6.41. The van der Waals surface area contributed by atoms with Crippen LogP contribution in [0.25, 0.3) is 0 Å². The Labute approximate surface area is 190 Å². The fourth-order valence-electron chi connectivity index (χ4n) is 2.88. The van der Waals surface area contributed by atoms with E-state index in [1.807, 2.05) is 36.4 Å². The van der Waals surface area contributed by atoms with Crippen molar-refractivity contribution in [2.75, 3.05) is 11.3 Å². The molecule has 0 saturated carbocycles. The number of nitriles is 1. The van der Waals surface area contributed by atoms with Gasteiger partial charge in [-0.1, -0.05) is 59.6 Å². The van der Waals surface area contributed by atoms with Crippen LogP contribution in [0.15, 0.2) is 77.7 Å². The van der Waals surface area contributed by atoms with Gasteiger partial charge in [0.1, 0.15) is 11.4 Å². The van der Waals surface area contributed by atoms with Crippen LogP contribution in [0, 0.1) is 11.3 Å². The number of halogens is 2. The number of anilines is 1. The Hall–Kier alpha value is -3.05. The average Bonchev–Trinajstić information content (AvgIpc) is 2.75. The molecule has 1 N–H and O–H groups in total. The van der Waals surface area contributed by atoms with Gasteiger partial charge in [0.05, 0.1) is 11.1 Å². The van der Waals surface area contributed by atoms with E-state index in [2.05, 4.69) is 4.72 Å². The molecule has 0 saturated heterocycles. The highest BCUT2D eigenvalue weighted by molar-refractivity contribution is 7.92. The van der Waals surface area contributed by atoms with E-state index in [4.69, 9.17) is 28.5 Å². The summed E-state index contributed by atoms with van der Waals surface area (Å²) in [6.45, 7) is 0.142. The third kappa shape index (κ3) is 5.76. The lowest BCUT2D eigenvalue weighted by Crippen LogP contribution is -2.31. The Kier molecular flexibility index (Phi) is 7.18. The van der Waals surface area contributed by atoms with Gasteiger partial charge in [0.25, 0.3) is 15.9 Å². The Morgan fingerprint density at radius 2 is 1.74 bits per heavy atom. The summed E-state index contributed by atoms with van der Waals surface area (Å²) >= 11 is 11.9. The minimum atomic E-state index is -4.03. The fourth-order valence-corrected chi connectivity index (χ4v) is 4.69. The first-order chi connectivity index (χ1) is 14.8. The molecule has 1 amide bonds. The molecule has 0 fully saturated rings. The second kappa shape index (κ2) is 9.84. The van der Waals surface area contributed by atoms with Gasteiger partial charge in [0.2, 0.25) is 0 Å².